The quantitative estimate of drug-likeness (QED) is 0.341. The molecule has 9 nitrogen and oxygen atoms in total. The Morgan fingerprint density at radius 3 is 2.77 bits per heavy atom. The molecule has 2 fully saturated rings. The van der Waals surface area contributed by atoms with E-state index in [2.05, 4.69) is 52.7 Å². The number of benzene rings is 2. The topological polar surface area (TPSA) is 97.4 Å². The van der Waals surface area contributed by atoms with Gasteiger partial charge in [-0.25, -0.2) is 13.1 Å². The first kappa shape index (κ1) is 37.7. The number of nitrogens with one attached hydrogen (secondary N) is 1. The average molecular weight is 754 g/mol. The van der Waals surface area contributed by atoms with E-state index in [1.807, 2.05) is 25.1 Å². The third kappa shape index (κ3) is 7.79. The van der Waals surface area contributed by atoms with Crippen molar-refractivity contribution in [2.45, 2.75) is 89.0 Å². The summed E-state index contributed by atoms with van der Waals surface area (Å²) in [5.74, 6) is 1.09. The fourth-order valence-electron chi connectivity index (χ4n) is 9.18. The van der Waals surface area contributed by atoms with Crippen LogP contribution in [0.15, 0.2) is 48.6 Å². The summed E-state index contributed by atoms with van der Waals surface area (Å²) >= 11 is 6.48. The number of aryl methyl sites for hydroxylation is 1. The lowest BCUT2D eigenvalue weighted by Crippen LogP contribution is -2.50. The molecule has 2 bridgehead atoms. The molecule has 3 heterocycles. The molecular formula is C41H56ClN3O6S. The molecule has 7 rings (SSSR count). The first-order valence-electron chi connectivity index (χ1n) is 19.4. The zero-order chi connectivity index (χ0) is 36.6. The molecule has 1 saturated heterocycles. The van der Waals surface area contributed by atoms with E-state index in [0.717, 1.165) is 82.2 Å². The number of carbonyl (C=O) groups excluding carboxylic acids is 1. The molecule has 11 heteroatoms. The lowest BCUT2D eigenvalue weighted by molar-refractivity contribution is -0.0559. The van der Waals surface area contributed by atoms with Crippen molar-refractivity contribution < 1.29 is 27.4 Å². The van der Waals surface area contributed by atoms with Crippen molar-refractivity contribution in [2.75, 3.05) is 57.5 Å². The van der Waals surface area contributed by atoms with Gasteiger partial charge < -0.3 is 19.1 Å². The molecule has 1 N–H and O–H groups in total. The zero-order valence-electron chi connectivity index (χ0n) is 31.2. The van der Waals surface area contributed by atoms with E-state index in [9.17, 15) is 13.2 Å². The van der Waals surface area contributed by atoms with E-state index >= 15 is 0 Å². The maximum atomic E-state index is 13.6. The summed E-state index contributed by atoms with van der Waals surface area (Å²) in [6.07, 6.45) is 9.95. The molecular weight excluding hydrogens is 698 g/mol. The molecule has 284 valence electrons. The second-order valence-corrected chi connectivity index (χ2v) is 18.8. The van der Waals surface area contributed by atoms with Gasteiger partial charge in [0.2, 0.25) is 10.0 Å². The minimum absolute atomic E-state index is 0.0791. The number of carbonyl (C=O) groups is 1. The van der Waals surface area contributed by atoms with Crippen LogP contribution in [0.3, 0.4) is 0 Å². The highest BCUT2D eigenvalue weighted by Gasteiger charge is 2.45. The van der Waals surface area contributed by atoms with Gasteiger partial charge in [-0.2, -0.15) is 0 Å². The lowest BCUT2D eigenvalue weighted by atomic mass is 9.68. The fourth-order valence-corrected chi connectivity index (χ4v) is 10.7. The van der Waals surface area contributed by atoms with Gasteiger partial charge in [-0.05, 0) is 111 Å². The molecule has 1 saturated carbocycles. The molecule has 1 spiro atoms. The maximum absolute atomic E-state index is 13.6. The SMILES string of the molecule is CC(C)[C@H]1COCCN1CCO[C@H]1/C=C/C[C@H](C)[C@@H](C)S(=O)(=O)NC(=O)c2ccc3c(c2)N(C[C@@H]2CC[C@H]21)C[C@@]1(CCCc2cc(Cl)ccc21)CO3. The molecule has 2 aromatic rings. The smallest absolute Gasteiger partial charge is 0.264 e. The van der Waals surface area contributed by atoms with Crippen LogP contribution in [0.1, 0.15) is 81.3 Å². The van der Waals surface area contributed by atoms with Crippen LogP contribution in [0.2, 0.25) is 5.02 Å². The number of amides is 1. The Bertz CT molecular complexity index is 1750. The van der Waals surface area contributed by atoms with Crippen molar-refractivity contribution in [3.05, 3.63) is 70.3 Å². The second kappa shape index (κ2) is 15.6. The minimum Gasteiger partial charge on any atom is -0.490 e. The Kier molecular flexibility index (Phi) is 11.3. The summed E-state index contributed by atoms with van der Waals surface area (Å²) in [6, 6.07) is 12.0. The number of nitrogens with zero attached hydrogens (tertiary/aromatic N) is 2. The molecule has 52 heavy (non-hydrogen) atoms. The van der Waals surface area contributed by atoms with Gasteiger partial charge in [-0.1, -0.05) is 50.6 Å². The van der Waals surface area contributed by atoms with Crippen LogP contribution in [0, 0.1) is 23.7 Å². The van der Waals surface area contributed by atoms with Crippen molar-refractivity contribution in [3.63, 3.8) is 0 Å². The Hall–Kier alpha value is -2.63. The van der Waals surface area contributed by atoms with Gasteiger partial charge in [0.1, 0.15) is 5.75 Å². The summed E-state index contributed by atoms with van der Waals surface area (Å²) in [6.45, 7) is 14.0. The molecule has 7 atom stereocenters. The highest BCUT2D eigenvalue weighted by atomic mass is 35.5. The maximum Gasteiger partial charge on any atom is 0.264 e. The monoisotopic (exact) mass is 753 g/mol. The number of morpholine rings is 1. The van der Waals surface area contributed by atoms with E-state index in [0.29, 0.717) is 54.7 Å². The summed E-state index contributed by atoms with van der Waals surface area (Å²) in [5, 5.41) is -0.0165. The Balaban J connectivity index is 1.22. The number of sulfonamides is 1. The Morgan fingerprint density at radius 1 is 1.13 bits per heavy atom. The van der Waals surface area contributed by atoms with Gasteiger partial charge in [0, 0.05) is 48.2 Å². The van der Waals surface area contributed by atoms with Crippen LogP contribution in [0.25, 0.3) is 0 Å². The van der Waals surface area contributed by atoms with Crippen LogP contribution >= 0.6 is 11.6 Å². The third-order valence-corrected chi connectivity index (χ3v) is 14.9. The predicted molar refractivity (Wildman–Crippen MR) is 206 cm³/mol. The zero-order valence-corrected chi connectivity index (χ0v) is 32.8. The number of allylic oxidation sites excluding steroid dienone is 1. The van der Waals surface area contributed by atoms with E-state index < -0.39 is 21.2 Å². The highest BCUT2D eigenvalue weighted by Crippen LogP contribution is 2.47. The third-order valence-electron chi connectivity index (χ3n) is 12.8. The number of hydrogen-bond acceptors (Lipinski definition) is 8. The number of halogens is 1. The second-order valence-electron chi connectivity index (χ2n) is 16.4. The van der Waals surface area contributed by atoms with Crippen molar-refractivity contribution in [2.24, 2.45) is 23.7 Å². The molecule has 5 aliphatic rings. The number of hydrogen-bond donors (Lipinski definition) is 1. The van der Waals surface area contributed by atoms with Gasteiger partial charge in [-0.3, -0.25) is 9.69 Å². The predicted octanol–water partition coefficient (Wildman–Crippen LogP) is 6.63. The number of fused-ring (bicyclic) bond motifs is 4. The van der Waals surface area contributed by atoms with Crippen LogP contribution < -0.4 is 14.4 Å². The van der Waals surface area contributed by atoms with E-state index in [-0.39, 0.29) is 17.4 Å². The highest BCUT2D eigenvalue weighted by molar-refractivity contribution is 7.90. The summed E-state index contributed by atoms with van der Waals surface area (Å²) in [4.78, 5) is 18.5. The van der Waals surface area contributed by atoms with Crippen LogP contribution in [0.5, 0.6) is 5.75 Å². The van der Waals surface area contributed by atoms with Gasteiger partial charge in [0.05, 0.1) is 43.5 Å². The van der Waals surface area contributed by atoms with Crippen LogP contribution in [0.4, 0.5) is 5.69 Å². The van der Waals surface area contributed by atoms with E-state index in [1.165, 1.54) is 11.1 Å². The average Bonchev–Trinajstić information content (AvgIpc) is 3.25. The minimum atomic E-state index is -3.93. The Labute approximate surface area is 315 Å². The summed E-state index contributed by atoms with van der Waals surface area (Å²) in [7, 11) is -3.93. The molecule has 0 aromatic heterocycles. The molecule has 0 unspecified atom stereocenters. The molecule has 2 aliphatic carbocycles. The molecule has 3 aliphatic heterocycles. The first-order valence-corrected chi connectivity index (χ1v) is 21.3. The van der Waals surface area contributed by atoms with E-state index in [4.69, 9.17) is 25.8 Å². The van der Waals surface area contributed by atoms with Crippen molar-refractivity contribution >= 4 is 33.2 Å². The van der Waals surface area contributed by atoms with Gasteiger partial charge >= 0.3 is 0 Å². The standard InChI is InChI=1S/C41H56ClN3O6S/c1-27(2)37-24-49-19-17-44(37)18-20-50-38-9-5-7-28(3)29(4)52(47,48)43-40(46)31-11-15-39-36(22-31)45(23-32-10-13-34(32)38)25-41(26-51-39)16-6-8-30-21-33(42)12-14-35(30)41/h5,9,11-12,14-15,21-22,27-29,32,34,37-38H,6-8,10,13,16-20,23-26H2,1-4H3,(H,43,46)/b9-5+/t28-,29+,32-,34+,37+,38-,41-/m0/s1. The van der Waals surface area contributed by atoms with Gasteiger partial charge in [-0.15, -0.1) is 0 Å². The van der Waals surface area contributed by atoms with Crippen molar-refractivity contribution in [3.8, 4) is 5.75 Å². The first-order chi connectivity index (χ1) is 24.9. The Morgan fingerprint density at radius 2 is 1.98 bits per heavy atom. The van der Waals surface area contributed by atoms with Gasteiger partial charge in [0.15, 0.2) is 0 Å². The lowest BCUT2D eigenvalue weighted by Gasteiger charge is -2.46. The summed E-state index contributed by atoms with van der Waals surface area (Å²) in [5.41, 5.74) is 3.45. The molecule has 2 aromatic carbocycles. The normalized spacial score (nSPS) is 32.9. The summed E-state index contributed by atoms with van der Waals surface area (Å²) < 4.78 is 48.7. The number of rotatable bonds is 5. The van der Waals surface area contributed by atoms with Crippen molar-refractivity contribution in [1.29, 1.82) is 0 Å². The number of ether oxygens (including phenoxy) is 3. The van der Waals surface area contributed by atoms with Crippen molar-refractivity contribution in [1.82, 2.24) is 9.62 Å². The van der Waals surface area contributed by atoms with Crippen LogP contribution in [-0.2, 0) is 31.3 Å². The van der Waals surface area contributed by atoms with E-state index in [1.54, 1.807) is 13.0 Å². The molecule has 0 radical (unpaired) electrons. The molecule has 1 amide bonds. The number of anilines is 1. The largest absolute Gasteiger partial charge is 0.490 e. The fraction of sp³-hybridized carbons (Fsp3) is 0.634. The van der Waals surface area contributed by atoms with Gasteiger partial charge in [0.25, 0.3) is 5.91 Å². The van der Waals surface area contributed by atoms with Crippen LogP contribution in [-0.4, -0.2) is 89.2 Å².